The highest BCUT2D eigenvalue weighted by atomic mass is 32.2. The molecule has 1 atom stereocenters. The number of likely N-dealkylation sites (tertiary alicyclic amines) is 1. The highest BCUT2D eigenvalue weighted by Gasteiger charge is 2.47. The molecule has 5 rings (SSSR count). The molecule has 1 aliphatic carbocycles. The predicted molar refractivity (Wildman–Crippen MR) is 117 cm³/mol. The highest BCUT2D eigenvalue weighted by molar-refractivity contribution is 7.87. The van der Waals surface area contributed by atoms with E-state index in [0.29, 0.717) is 18.2 Å². The summed E-state index contributed by atoms with van der Waals surface area (Å²) in [7, 11) is -2.81. The number of carbonyl (C=O) groups excluding carboxylic acids is 1. The van der Waals surface area contributed by atoms with Gasteiger partial charge in [0.15, 0.2) is 27.7 Å². The molecule has 2 aliphatic heterocycles. The minimum atomic E-state index is -4.27. The van der Waals surface area contributed by atoms with Gasteiger partial charge >= 0.3 is 10.1 Å². The summed E-state index contributed by atoms with van der Waals surface area (Å²) >= 11 is 0. The van der Waals surface area contributed by atoms with Crippen LogP contribution in [0, 0.1) is 0 Å². The maximum Gasteiger partial charge on any atom is 0.304 e. The molecule has 1 aromatic heterocycles. The summed E-state index contributed by atoms with van der Waals surface area (Å²) in [6, 6.07) is 1.61. The normalized spacial score (nSPS) is 25.1. The van der Waals surface area contributed by atoms with Crippen molar-refractivity contribution in [3.05, 3.63) is 17.9 Å². The van der Waals surface area contributed by atoms with Gasteiger partial charge in [0.25, 0.3) is 0 Å². The van der Waals surface area contributed by atoms with Crippen LogP contribution in [0.15, 0.2) is 21.6 Å². The molecule has 0 amide bonds. The number of nitrogens with zero attached hydrogens (tertiary/aromatic N) is 1. The van der Waals surface area contributed by atoms with E-state index >= 15 is 0 Å². The van der Waals surface area contributed by atoms with Crippen molar-refractivity contribution in [2.75, 3.05) is 20.2 Å². The molecule has 0 spiro atoms. The zero-order valence-corrected chi connectivity index (χ0v) is 19.3. The molecule has 1 unspecified atom stereocenters. The first-order chi connectivity index (χ1) is 15.3. The van der Waals surface area contributed by atoms with Crippen molar-refractivity contribution in [2.45, 2.75) is 75.0 Å². The van der Waals surface area contributed by atoms with Crippen molar-refractivity contribution in [1.82, 2.24) is 4.90 Å². The Morgan fingerprint density at radius 3 is 2.53 bits per heavy atom. The Morgan fingerprint density at radius 2 is 1.84 bits per heavy atom. The summed E-state index contributed by atoms with van der Waals surface area (Å²) in [4.78, 5) is 15.3. The number of rotatable bonds is 5. The van der Waals surface area contributed by atoms with Crippen LogP contribution in [0.25, 0.3) is 11.0 Å². The Morgan fingerprint density at radius 1 is 1.12 bits per heavy atom. The minimum Gasteiger partial charge on any atom is -0.495 e. The van der Waals surface area contributed by atoms with E-state index in [0.717, 1.165) is 45.2 Å². The lowest BCUT2D eigenvalue weighted by atomic mass is 9.94. The zero-order chi connectivity index (χ0) is 22.5. The van der Waals surface area contributed by atoms with Crippen LogP contribution in [-0.4, -0.2) is 51.1 Å². The number of carbonyl (C=O) groups is 1. The Balaban J connectivity index is 1.69. The fraction of sp³-hybridized carbons (Fsp3) is 0.609. The Hall–Kier alpha value is -2.10. The maximum atomic E-state index is 13.6. The summed E-state index contributed by atoms with van der Waals surface area (Å²) < 4.78 is 50.4. The predicted octanol–water partition coefficient (Wildman–Crippen LogP) is 4.26. The van der Waals surface area contributed by atoms with Crippen LogP contribution in [0.4, 0.5) is 0 Å². The van der Waals surface area contributed by atoms with Crippen molar-refractivity contribution in [3.63, 3.8) is 0 Å². The van der Waals surface area contributed by atoms with E-state index in [1.54, 1.807) is 6.07 Å². The average molecular weight is 464 g/mol. The van der Waals surface area contributed by atoms with Gasteiger partial charge in [-0.3, -0.25) is 13.9 Å². The quantitative estimate of drug-likeness (QED) is 0.607. The van der Waals surface area contributed by atoms with Gasteiger partial charge in [-0.15, -0.1) is 0 Å². The number of Topliss-reactive ketones (excluding diaryl/α,β-unsaturated/α-hetero) is 1. The van der Waals surface area contributed by atoms with Gasteiger partial charge in [-0.05, 0) is 38.7 Å². The topological polar surface area (TPSA) is 95.3 Å². The Kier molecular flexibility index (Phi) is 5.46. The number of ether oxygens (including phenoxy) is 2. The van der Waals surface area contributed by atoms with Crippen molar-refractivity contribution < 1.29 is 31.3 Å². The van der Waals surface area contributed by atoms with Gasteiger partial charge in [-0.2, -0.15) is 8.42 Å². The van der Waals surface area contributed by atoms with E-state index in [4.69, 9.17) is 18.1 Å². The number of methoxy groups -OCH3 is 1. The third kappa shape index (κ3) is 3.50. The molecule has 8 nitrogen and oxygen atoms in total. The molecule has 1 saturated heterocycles. The second-order valence-corrected chi connectivity index (χ2v) is 10.6. The second kappa shape index (κ2) is 8.04. The van der Waals surface area contributed by atoms with Crippen LogP contribution in [0.5, 0.6) is 11.5 Å². The number of furan rings is 1. The fourth-order valence-electron chi connectivity index (χ4n) is 5.31. The lowest BCUT2D eigenvalue weighted by molar-refractivity contribution is -0.0654. The second-order valence-electron chi connectivity index (χ2n) is 9.11. The molecule has 1 aromatic carbocycles. The molecule has 2 fully saturated rings. The van der Waals surface area contributed by atoms with Crippen molar-refractivity contribution in [1.29, 1.82) is 0 Å². The SMILES string of the molecule is COc1c2c(c(S(=O)(=O)OC3CCCCC3)c3occc13)OC(C)(N1CCCC1)CC2=O. The van der Waals surface area contributed by atoms with Crippen molar-refractivity contribution >= 4 is 26.9 Å². The Labute approximate surface area is 187 Å². The molecule has 2 aromatic rings. The molecule has 0 N–H and O–H groups in total. The van der Waals surface area contributed by atoms with E-state index in [9.17, 15) is 13.2 Å². The molecule has 0 bridgehead atoms. The van der Waals surface area contributed by atoms with Crippen LogP contribution in [0.1, 0.15) is 68.6 Å². The van der Waals surface area contributed by atoms with E-state index < -0.39 is 15.8 Å². The number of fused-ring (bicyclic) bond motifs is 2. The van der Waals surface area contributed by atoms with Crippen LogP contribution in [0.3, 0.4) is 0 Å². The first-order valence-corrected chi connectivity index (χ1v) is 12.8. The maximum absolute atomic E-state index is 13.6. The lowest BCUT2D eigenvalue weighted by Crippen LogP contribution is -2.53. The van der Waals surface area contributed by atoms with E-state index in [-0.39, 0.29) is 45.8 Å². The van der Waals surface area contributed by atoms with Crippen molar-refractivity contribution in [3.8, 4) is 11.5 Å². The van der Waals surface area contributed by atoms with Gasteiger partial charge in [-0.25, -0.2) is 0 Å². The summed E-state index contributed by atoms with van der Waals surface area (Å²) in [6.07, 6.45) is 7.44. The highest BCUT2D eigenvalue weighted by Crippen LogP contribution is 2.50. The first kappa shape index (κ1) is 21.7. The smallest absolute Gasteiger partial charge is 0.304 e. The standard InChI is InChI=1S/C23H29NO7S/c1-23(24-11-6-7-12-24)14-17(25)18-19(28-2)16-10-13-29-20(16)22(21(18)30-23)32(26,27)31-15-8-4-3-5-9-15/h10,13,15H,3-9,11-12,14H2,1-2H3. The third-order valence-electron chi connectivity index (χ3n) is 6.91. The van der Waals surface area contributed by atoms with Crippen LogP contribution < -0.4 is 9.47 Å². The number of benzene rings is 1. The molecular weight excluding hydrogens is 434 g/mol. The monoisotopic (exact) mass is 463 g/mol. The molecule has 9 heteroatoms. The molecular formula is C23H29NO7S. The number of hydrogen-bond acceptors (Lipinski definition) is 8. The van der Waals surface area contributed by atoms with Crippen molar-refractivity contribution in [2.24, 2.45) is 0 Å². The van der Waals surface area contributed by atoms with E-state index in [1.165, 1.54) is 13.4 Å². The zero-order valence-electron chi connectivity index (χ0n) is 18.5. The van der Waals surface area contributed by atoms with Gasteiger partial charge in [0.2, 0.25) is 0 Å². The third-order valence-corrected chi connectivity index (χ3v) is 8.31. The van der Waals surface area contributed by atoms with E-state index in [2.05, 4.69) is 4.90 Å². The largest absolute Gasteiger partial charge is 0.495 e. The number of hydrogen-bond donors (Lipinski definition) is 0. The fourth-order valence-corrected chi connectivity index (χ4v) is 6.71. The first-order valence-electron chi connectivity index (χ1n) is 11.4. The molecule has 1 saturated carbocycles. The summed E-state index contributed by atoms with van der Waals surface area (Å²) in [5, 5.41) is 0.416. The lowest BCUT2D eigenvalue weighted by Gasteiger charge is -2.42. The van der Waals surface area contributed by atoms with Gasteiger partial charge in [0.05, 0.1) is 31.3 Å². The van der Waals surface area contributed by atoms with Crippen LogP contribution >= 0.6 is 0 Å². The molecule has 32 heavy (non-hydrogen) atoms. The van der Waals surface area contributed by atoms with Gasteiger partial charge in [0, 0.05) is 13.1 Å². The molecule has 174 valence electrons. The van der Waals surface area contributed by atoms with E-state index in [1.807, 2.05) is 6.92 Å². The molecule has 3 heterocycles. The average Bonchev–Trinajstić information content (AvgIpc) is 3.44. The molecule has 0 radical (unpaired) electrons. The minimum absolute atomic E-state index is 0.0224. The van der Waals surface area contributed by atoms with Gasteiger partial charge < -0.3 is 13.9 Å². The van der Waals surface area contributed by atoms with Crippen LogP contribution in [-0.2, 0) is 14.3 Å². The summed E-state index contributed by atoms with van der Waals surface area (Å²) in [5.41, 5.74) is -0.709. The molecule has 3 aliphatic rings. The van der Waals surface area contributed by atoms with Gasteiger partial charge in [0.1, 0.15) is 11.3 Å². The Bertz CT molecular complexity index is 1140. The summed E-state index contributed by atoms with van der Waals surface area (Å²) in [5.74, 6) is 0.0364. The summed E-state index contributed by atoms with van der Waals surface area (Å²) in [6.45, 7) is 3.43. The number of ketones is 1. The van der Waals surface area contributed by atoms with Crippen LogP contribution in [0.2, 0.25) is 0 Å². The van der Waals surface area contributed by atoms with Gasteiger partial charge in [-0.1, -0.05) is 19.3 Å².